The van der Waals surface area contributed by atoms with Crippen molar-refractivity contribution in [2.24, 2.45) is 0 Å². The maximum Gasteiger partial charge on any atom is 0.137 e. The van der Waals surface area contributed by atoms with Crippen LogP contribution in [-0.4, -0.2) is 40.8 Å². The van der Waals surface area contributed by atoms with Gasteiger partial charge in [0.05, 0.1) is 6.10 Å². The third kappa shape index (κ3) is 2.72. The minimum absolute atomic E-state index is 0.151. The van der Waals surface area contributed by atoms with Crippen LogP contribution in [0.25, 0.3) is 0 Å². The molecule has 2 rings (SSSR count). The average Bonchev–Trinajstić information content (AvgIpc) is 2.40. The summed E-state index contributed by atoms with van der Waals surface area (Å²) >= 11 is 0. The third-order valence-corrected chi connectivity index (χ3v) is 3.38. The second-order valence-corrected chi connectivity index (χ2v) is 4.63. The number of hydrogen-bond donors (Lipinski definition) is 2. The molecule has 0 aromatic carbocycles. The highest BCUT2D eigenvalue weighted by Gasteiger charge is 2.21. The molecule has 100 valence electrons. The minimum Gasteiger partial charge on any atom is -0.393 e. The van der Waals surface area contributed by atoms with Crippen molar-refractivity contribution >= 4 is 11.6 Å². The number of hydrogen-bond acceptors (Lipinski definition) is 5. The number of aliphatic hydroxyl groups is 1. The standard InChI is InChI=1S/C13H22N4O/c1-3-11-12(14-4-2)15-9-16-13(11)17-7-5-10(18)6-8-17/h9-10,18H,3-8H2,1-2H3,(H,14,15,16). The van der Waals surface area contributed by atoms with Gasteiger partial charge >= 0.3 is 0 Å². The molecule has 0 spiro atoms. The molecule has 1 aromatic rings. The molecule has 2 N–H and O–H groups in total. The van der Waals surface area contributed by atoms with Gasteiger partial charge in [0.1, 0.15) is 18.0 Å². The zero-order chi connectivity index (χ0) is 13.0. The van der Waals surface area contributed by atoms with E-state index in [9.17, 15) is 5.11 Å². The molecular weight excluding hydrogens is 228 g/mol. The van der Waals surface area contributed by atoms with Gasteiger partial charge in [-0.05, 0) is 26.2 Å². The molecule has 1 aliphatic heterocycles. The lowest BCUT2D eigenvalue weighted by molar-refractivity contribution is 0.145. The van der Waals surface area contributed by atoms with Crippen molar-refractivity contribution in [2.45, 2.75) is 39.2 Å². The molecule has 1 aromatic heterocycles. The van der Waals surface area contributed by atoms with Gasteiger partial charge in [-0.25, -0.2) is 9.97 Å². The van der Waals surface area contributed by atoms with E-state index < -0.39 is 0 Å². The van der Waals surface area contributed by atoms with Crippen LogP contribution in [0.3, 0.4) is 0 Å². The fourth-order valence-corrected chi connectivity index (χ4v) is 2.40. The van der Waals surface area contributed by atoms with Crippen molar-refractivity contribution in [3.63, 3.8) is 0 Å². The average molecular weight is 250 g/mol. The van der Waals surface area contributed by atoms with Crippen LogP contribution < -0.4 is 10.2 Å². The van der Waals surface area contributed by atoms with Crippen molar-refractivity contribution in [2.75, 3.05) is 29.9 Å². The summed E-state index contributed by atoms with van der Waals surface area (Å²) in [6.07, 6.45) is 4.03. The first-order valence-electron chi connectivity index (χ1n) is 6.77. The lowest BCUT2D eigenvalue weighted by Gasteiger charge is -2.32. The van der Waals surface area contributed by atoms with Crippen LogP contribution in [-0.2, 0) is 6.42 Å². The van der Waals surface area contributed by atoms with E-state index in [1.54, 1.807) is 6.33 Å². The van der Waals surface area contributed by atoms with Crippen molar-refractivity contribution < 1.29 is 5.11 Å². The Balaban J connectivity index is 2.23. The van der Waals surface area contributed by atoms with E-state index in [-0.39, 0.29) is 6.10 Å². The first-order valence-corrected chi connectivity index (χ1v) is 6.77. The fraction of sp³-hybridized carbons (Fsp3) is 0.692. The summed E-state index contributed by atoms with van der Waals surface area (Å²) in [5.41, 5.74) is 1.18. The Bertz CT molecular complexity index is 389. The molecule has 5 heteroatoms. The van der Waals surface area contributed by atoms with Crippen LogP contribution in [0.5, 0.6) is 0 Å². The number of nitrogens with zero attached hydrogens (tertiary/aromatic N) is 3. The lowest BCUT2D eigenvalue weighted by Crippen LogP contribution is -2.37. The van der Waals surface area contributed by atoms with E-state index in [0.717, 1.165) is 50.5 Å². The maximum atomic E-state index is 9.57. The molecule has 0 radical (unpaired) electrons. The summed E-state index contributed by atoms with van der Waals surface area (Å²) < 4.78 is 0. The highest BCUT2D eigenvalue weighted by atomic mass is 16.3. The fourth-order valence-electron chi connectivity index (χ4n) is 2.40. The number of rotatable bonds is 4. The molecule has 18 heavy (non-hydrogen) atoms. The Morgan fingerprint density at radius 3 is 2.67 bits per heavy atom. The topological polar surface area (TPSA) is 61.3 Å². The smallest absolute Gasteiger partial charge is 0.137 e. The van der Waals surface area contributed by atoms with Gasteiger partial charge in [0, 0.05) is 25.2 Å². The Labute approximate surface area is 108 Å². The minimum atomic E-state index is -0.151. The Morgan fingerprint density at radius 2 is 2.06 bits per heavy atom. The third-order valence-electron chi connectivity index (χ3n) is 3.38. The van der Waals surface area contributed by atoms with Crippen molar-refractivity contribution in [3.05, 3.63) is 11.9 Å². The van der Waals surface area contributed by atoms with E-state index in [2.05, 4.69) is 34.0 Å². The van der Waals surface area contributed by atoms with Crippen LogP contribution in [0.4, 0.5) is 11.6 Å². The summed E-state index contributed by atoms with van der Waals surface area (Å²) in [5.74, 6) is 1.96. The monoisotopic (exact) mass is 250 g/mol. The second-order valence-electron chi connectivity index (χ2n) is 4.63. The van der Waals surface area contributed by atoms with Crippen molar-refractivity contribution in [1.82, 2.24) is 9.97 Å². The Kier molecular flexibility index (Phi) is 4.36. The van der Waals surface area contributed by atoms with Crippen molar-refractivity contribution in [1.29, 1.82) is 0 Å². The van der Waals surface area contributed by atoms with Crippen LogP contribution in [0.1, 0.15) is 32.3 Å². The summed E-state index contributed by atoms with van der Waals surface area (Å²) in [6, 6.07) is 0. The Morgan fingerprint density at radius 1 is 1.33 bits per heavy atom. The zero-order valence-electron chi connectivity index (χ0n) is 11.2. The normalized spacial score (nSPS) is 16.9. The number of aliphatic hydroxyl groups excluding tert-OH is 1. The van der Waals surface area contributed by atoms with Crippen molar-refractivity contribution in [3.8, 4) is 0 Å². The predicted molar refractivity (Wildman–Crippen MR) is 73.0 cm³/mol. The van der Waals surface area contributed by atoms with Gasteiger partial charge in [-0.3, -0.25) is 0 Å². The molecule has 0 saturated carbocycles. The molecular formula is C13H22N4O. The van der Waals surface area contributed by atoms with E-state index in [1.165, 1.54) is 5.56 Å². The molecule has 5 nitrogen and oxygen atoms in total. The molecule has 0 amide bonds. The van der Waals surface area contributed by atoms with E-state index in [0.29, 0.717) is 0 Å². The van der Waals surface area contributed by atoms with E-state index in [1.807, 2.05) is 0 Å². The molecule has 1 fully saturated rings. The summed E-state index contributed by atoms with van der Waals surface area (Å²) in [4.78, 5) is 11.0. The van der Waals surface area contributed by atoms with Crippen LogP contribution in [0.15, 0.2) is 6.33 Å². The number of aromatic nitrogens is 2. The number of nitrogens with one attached hydrogen (secondary N) is 1. The van der Waals surface area contributed by atoms with Crippen LogP contribution in [0.2, 0.25) is 0 Å². The number of anilines is 2. The quantitative estimate of drug-likeness (QED) is 0.846. The van der Waals surface area contributed by atoms with E-state index in [4.69, 9.17) is 0 Å². The summed E-state index contributed by atoms with van der Waals surface area (Å²) in [7, 11) is 0. The predicted octanol–water partition coefficient (Wildman–Crippen LogP) is 1.43. The van der Waals surface area contributed by atoms with Gasteiger partial charge in [0.15, 0.2) is 0 Å². The van der Waals surface area contributed by atoms with Gasteiger partial charge in [-0.2, -0.15) is 0 Å². The molecule has 0 unspecified atom stereocenters. The molecule has 1 aliphatic rings. The largest absolute Gasteiger partial charge is 0.393 e. The molecule has 0 atom stereocenters. The molecule has 1 saturated heterocycles. The molecule has 0 bridgehead atoms. The van der Waals surface area contributed by atoms with Crippen LogP contribution >= 0.6 is 0 Å². The maximum absolute atomic E-state index is 9.57. The first kappa shape index (κ1) is 13.1. The molecule has 2 heterocycles. The first-order chi connectivity index (χ1) is 8.76. The summed E-state index contributed by atoms with van der Waals surface area (Å²) in [5, 5.41) is 12.9. The summed E-state index contributed by atoms with van der Waals surface area (Å²) in [6.45, 7) is 6.80. The van der Waals surface area contributed by atoms with E-state index >= 15 is 0 Å². The lowest BCUT2D eigenvalue weighted by atomic mass is 10.1. The van der Waals surface area contributed by atoms with Crippen LogP contribution in [0, 0.1) is 0 Å². The van der Waals surface area contributed by atoms with Gasteiger partial charge in [0.25, 0.3) is 0 Å². The second kappa shape index (κ2) is 6.00. The van der Waals surface area contributed by atoms with Gasteiger partial charge in [0.2, 0.25) is 0 Å². The highest BCUT2D eigenvalue weighted by Crippen LogP contribution is 2.26. The zero-order valence-corrected chi connectivity index (χ0v) is 11.2. The number of piperidine rings is 1. The Hall–Kier alpha value is -1.36. The van der Waals surface area contributed by atoms with Gasteiger partial charge < -0.3 is 15.3 Å². The highest BCUT2D eigenvalue weighted by molar-refractivity contribution is 5.58. The molecule has 0 aliphatic carbocycles. The van der Waals surface area contributed by atoms with Gasteiger partial charge in [-0.15, -0.1) is 0 Å². The SMILES string of the molecule is CCNc1ncnc(N2CCC(O)CC2)c1CC. The van der Waals surface area contributed by atoms with Gasteiger partial charge in [-0.1, -0.05) is 6.92 Å².